The molecule has 0 spiro atoms. The molecule has 4 atom stereocenters. The van der Waals surface area contributed by atoms with Gasteiger partial charge in [0.1, 0.15) is 11.9 Å². The van der Waals surface area contributed by atoms with Crippen molar-refractivity contribution in [3.63, 3.8) is 0 Å². The lowest BCUT2D eigenvalue weighted by molar-refractivity contribution is -0.137. The highest BCUT2D eigenvalue weighted by Crippen LogP contribution is 2.49. The first kappa shape index (κ1) is 24.7. The smallest absolute Gasteiger partial charge is 0.347 e. The maximum atomic E-state index is 14.7. The zero-order valence-corrected chi connectivity index (χ0v) is 20.1. The molecule has 2 aliphatic carbocycles. The fourth-order valence-corrected chi connectivity index (χ4v) is 5.74. The van der Waals surface area contributed by atoms with Gasteiger partial charge in [0.2, 0.25) is 5.91 Å². The van der Waals surface area contributed by atoms with Gasteiger partial charge in [0.25, 0.3) is 5.91 Å². The zero-order chi connectivity index (χ0) is 26.0. The average Bonchev–Trinajstić information content (AvgIpc) is 3.74. The van der Waals surface area contributed by atoms with Crippen LogP contribution in [0.3, 0.4) is 0 Å². The number of benzene rings is 2. The lowest BCUT2D eigenvalue weighted by Gasteiger charge is -2.29. The number of carbonyl (C=O) groups is 2. The van der Waals surface area contributed by atoms with Gasteiger partial charge in [0.15, 0.2) is 9.84 Å². The summed E-state index contributed by atoms with van der Waals surface area (Å²) in [5.41, 5.74) is -0.967. The summed E-state index contributed by atoms with van der Waals surface area (Å²) in [7, 11) is -3.54. The first-order valence-corrected chi connectivity index (χ1v) is 13.5. The standard InChI is InChI=1S/C25H24F4N2O4S/c1-36(34,35)17-4-2-3-14(9-17)24(33)31-20-10-15(20)11-21(31)23(32)30-22(13-5-6-13)18-8-7-16(12-19(18)26)25(27,28)29/h2-4,7-9,12-13,15,20-22H,5-6,10-11H2,1H3,(H,30,32)/t15-,20-,21+,22+/m0/s1. The number of rotatable bonds is 6. The number of hydrogen-bond acceptors (Lipinski definition) is 4. The Labute approximate surface area is 205 Å². The molecule has 5 rings (SSSR count). The van der Waals surface area contributed by atoms with E-state index in [0.717, 1.165) is 24.8 Å². The molecule has 0 unspecified atom stereocenters. The molecule has 2 aromatic rings. The van der Waals surface area contributed by atoms with Gasteiger partial charge in [-0.2, -0.15) is 13.2 Å². The molecule has 0 bridgehead atoms. The molecule has 2 saturated carbocycles. The summed E-state index contributed by atoms with van der Waals surface area (Å²) in [6, 6.07) is 6.16. The van der Waals surface area contributed by atoms with Crippen molar-refractivity contribution in [1.29, 1.82) is 0 Å². The van der Waals surface area contributed by atoms with Gasteiger partial charge in [0.05, 0.1) is 16.5 Å². The molecule has 1 aliphatic heterocycles. The maximum absolute atomic E-state index is 14.7. The minimum absolute atomic E-state index is 0.00697. The molecule has 2 amide bonds. The Morgan fingerprint density at radius 3 is 2.42 bits per heavy atom. The van der Waals surface area contributed by atoms with Crippen LogP contribution >= 0.6 is 0 Å². The Kier molecular flexibility index (Phi) is 5.89. The van der Waals surface area contributed by atoms with Crippen molar-refractivity contribution in [2.75, 3.05) is 6.26 Å². The lowest BCUT2D eigenvalue weighted by atomic mass is 9.99. The molecule has 3 fully saturated rings. The van der Waals surface area contributed by atoms with Crippen LogP contribution in [-0.2, 0) is 20.8 Å². The van der Waals surface area contributed by atoms with E-state index in [0.29, 0.717) is 25.3 Å². The van der Waals surface area contributed by atoms with Crippen molar-refractivity contribution >= 4 is 21.7 Å². The predicted octanol–water partition coefficient (Wildman–Crippen LogP) is 4.12. The molecular formula is C25H24F4N2O4S. The van der Waals surface area contributed by atoms with E-state index >= 15 is 0 Å². The largest absolute Gasteiger partial charge is 0.416 e. The normalized spacial score (nSPS) is 24.2. The third-order valence-corrected chi connectivity index (χ3v) is 8.31. The summed E-state index contributed by atoms with van der Waals surface area (Å²) < 4.78 is 77.5. The maximum Gasteiger partial charge on any atom is 0.416 e. The molecule has 11 heteroatoms. The number of sulfone groups is 1. The van der Waals surface area contributed by atoms with Crippen molar-refractivity contribution in [2.45, 2.75) is 54.9 Å². The molecule has 1 N–H and O–H groups in total. The number of likely N-dealkylation sites (tertiary alicyclic amines) is 1. The SMILES string of the molecule is CS(=O)(=O)c1cccc(C(=O)N2[C@@H](C(=O)N[C@@H](c3ccc(C(F)(F)F)cc3F)C3CC3)C[C@@H]3C[C@@H]32)c1. The number of nitrogens with zero attached hydrogens (tertiary/aromatic N) is 1. The van der Waals surface area contributed by atoms with E-state index in [4.69, 9.17) is 0 Å². The van der Waals surface area contributed by atoms with E-state index in [2.05, 4.69) is 5.32 Å². The quantitative estimate of drug-likeness (QED) is 0.577. The van der Waals surface area contributed by atoms with Gasteiger partial charge in [-0.25, -0.2) is 12.8 Å². The van der Waals surface area contributed by atoms with Crippen LogP contribution in [0.15, 0.2) is 47.4 Å². The molecule has 3 aliphatic rings. The zero-order valence-electron chi connectivity index (χ0n) is 19.3. The van der Waals surface area contributed by atoms with Gasteiger partial charge in [-0.1, -0.05) is 12.1 Å². The summed E-state index contributed by atoms with van der Waals surface area (Å²) in [4.78, 5) is 28.1. The first-order chi connectivity index (χ1) is 16.8. The Hall–Kier alpha value is -2.95. The number of alkyl halides is 3. The van der Waals surface area contributed by atoms with Gasteiger partial charge < -0.3 is 10.2 Å². The molecule has 0 radical (unpaired) electrons. The van der Waals surface area contributed by atoms with Crippen LogP contribution in [0, 0.1) is 17.7 Å². The van der Waals surface area contributed by atoms with E-state index < -0.39 is 51.3 Å². The highest BCUT2D eigenvalue weighted by atomic mass is 32.2. The summed E-state index contributed by atoms with van der Waals surface area (Å²) in [6.07, 6.45) is -1.10. The molecule has 1 heterocycles. The molecule has 192 valence electrons. The molecule has 36 heavy (non-hydrogen) atoms. The number of hydrogen-bond donors (Lipinski definition) is 1. The van der Waals surface area contributed by atoms with E-state index in [9.17, 15) is 35.6 Å². The predicted molar refractivity (Wildman–Crippen MR) is 121 cm³/mol. The Morgan fingerprint density at radius 1 is 1.08 bits per heavy atom. The van der Waals surface area contributed by atoms with Crippen LogP contribution in [0.25, 0.3) is 0 Å². The number of halogens is 4. The Morgan fingerprint density at radius 2 is 1.81 bits per heavy atom. The third kappa shape index (κ3) is 4.72. The Balaban J connectivity index is 1.38. The van der Waals surface area contributed by atoms with Crippen LogP contribution in [0.2, 0.25) is 0 Å². The van der Waals surface area contributed by atoms with Crippen molar-refractivity contribution in [3.05, 3.63) is 65.0 Å². The molecule has 1 saturated heterocycles. The van der Waals surface area contributed by atoms with Gasteiger partial charge in [-0.05, 0) is 67.9 Å². The number of fused-ring (bicyclic) bond motifs is 1. The lowest BCUT2D eigenvalue weighted by Crippen LogP contribution is -2.49. The fraction of sp³-hybridized carbons (Fsp3) is 0.440. The minimum Gasteiger partial charge on any atom is -0.347 e. The van der Waals surface area contributed by atoms with E-state index in [1.807, 2.05) is 0 Å². The van der Waals surface area contributed by atoms with E-state index in [-0.39, 0.29) is 33.9 Å². The topological polar surface area (TPSA) is 83.6 Å². The van der Waals surface area contributed by atoms with E-state index in [1.54, 1.807) is 0 Å². The van der Waals surface area contributed by atoms with Crippen LogP contribution in [-0.4, -0.2) is 43.5 Å². The second-order valence-electron chi connectivity index (χ2n) is 9.88. The molecule has 6 nitrogen and oxygen atoms in total. The van der Waals surface area contributed by atoms with Crippen LogP contribution in [0.1, 0.15) is 53.2 Å². The third-order valence-electron chi connectivity index (χ3n) is 7.20. The van der Waals surface area contributed by atoms with Crippen molar-refractivity contribution < 1.29 is 35.6 Å². The second kappa shape index (κ2) is 8.57. The summed E-state index contributed by atoms with van der Waals surface area (Å²) in [5, 5.41) is 2.80. The van der Waals surface area contributed by atoms with Crippen molar-refractivity contribution in [3.8, 4) is 0 Å². The minimum atomic E-state index is -4.68. The van der Waals surface area contributed by atoms with Gasteiger partial charge in [-0.15, -0.1) is 0 Å². The van der Waals surface area contributed by atoms with E-state index in [1.165, 1.54) is 29.2 Å². The van der Waals surface area contributed by atoms with Gasteiger partial charge >= 0.3 is 6.18 Å². The van der Waals surface area contributed by atoms with Crippen LogP contribution in [0.5, 0.6) is 0 Å². The summed E-state index contributed by atoms with van der Waals surface area (Å²) in [6.45, 7) is 0. The van der Waals surface area contributed by atoms with Gasteiger partial charge in [0, 0.05) is 23.4 Å². The summed E-state index contributed by atoms with van der Waals surface area (Å²) in [5.74, 6) is -1.96. The van der Waals surface area contributed by atoms with Crippen LogP contribution < -0.4 is 5.32 Å². The summed E-state index contributed by atoms with van der Waals surface area (Å²) >= 11 is 0. The number of amides is 2. The highest BCUT2D eigenvalue weighted by molar-refractivity contribution is 7.90. The number of carbonyl (C=O) groups excluding carboxylic acids is 2. The molecule has 0 aromatic heterocycles. The van der Waals surface area contributed by atoms with Crippen molar-refractivity contribution in [1.82, 2.24) is 10.2 Å². The number of nitrogens with one attached hydrogen (secondary N) is 1. The highest BCUT2D eigenvalue weighted by Gasteiger charge is 2.56. The average molecular weight is 525 g/mol. The number of piperidine rings is 1. The molecular weight excluding hydrogens is 500 g/mol. The second-order valence-corrected chi connectivity index (χ2v) is 11.9. The monoisotopic (exact) mass is 524 g/mol. The van der Waals surface area contributed by atoms with Crippen LogP contribution in [0.4, 0.5) is 17.6 Å². The fourth-order valence-electron chi connectivity index (χ4n) is 5.08. The van der Waals surface area contributed by atoms with Gasteiger partial charge in [-0.3, -0.25) is 9.59 Å². The first-order valence-electron chi connectivity index (χ1n) is 11.6. The van der Waals surface area contributed by atoms with Crippen molar-refractivity contribution in [2.24, 2.45) is 11.8 Å². The molecule has 2 aromatic carbocycles. The Bertz CT molecular complexity index is 1340.